The number of carbonyl (C=O) groups excluding carboxylic acids is 1. The number of hydrogen-bond acceptors (Lipinski definition) is 3. The number of carboxylic acid groups (broad SMARTS) is 1. The van der Waals surface area contributed by atoms with Crippen molar-refractivity contribution in [1.29, 1.82) is 0 Å². The molecule has 0 bridgehead atoms. The average Bonchev–Trinajstić information content (AvgIpc) is 3.17. The zero-order valence-corrected chi connectivity index (χ0v) is 14.6. The van der Waals surface area contributed by atoms with E-state index in [0.29, 0.717) is 17.7 Å². The monoisotopic (exact) mass is 351 g/mol. The third-order valence-corrected chi connectivity index (χ3v) is 5.53. The predicted octanol–water partition coefficient (Wildman–Crippen LogP) is 3.22. The number of hydrogen-bond donors (Lipinski definition) is 2. The summed E-state index contributed by atoms with van der Waals surface area (Å²) in [5, 5.41) is 20.2. The van der Waals surface area contributed by atoms with Crippen LogP contribution >= 0.6 is 0 Å². The number of phenolic OH excluding ortho intramolecular Hbond substituents is 1. The molecule has 0 spiro atoms. The number of phenols is 1. The van der Waals surface area contributed by atoms with E-state index < -0.39 is 17.9 Å². The Morgan fingerprint density at radius 1 is 1.19 bits per heavy atom. The van der Waals surface area contributed by atoms with Crippen LogP contribution in [0.3, 0.4) is 0 Å². The van der Waals surface area contributed by atoms with Gasteiger partial charge < -0.3 is 10.2 Å². The summed E-state index contributed by atoms with van der Waals surface area (Å²) < 4.78 is 0. The molecule has 1 aliphatic carbocycles. The van der Waals surface area contributed by atoms with Gasteiger partial charge in [-0.15, -0.1) is 0 Å². The van der Waals surface area contributed by atoms with Crippen molar-refractivity contribution < 1.29 is 19.8 Å². The third kappa shape index (κ3) is 2.38. The standard InChI is InChI=1S/C21H21NO4/c1-2-16(21(25)26)22-17-9-4-3-8-14(17)19(20(22)24)15-10-12-6-5-7-13(12)11-18(15)23/h3-4,8-11,16,19,23H,2,5-7H2,1H3,(H,25,26). The summed E-state index contributed by atoms with van der Waals surface area (Å²) in [5.74, 6) is -1.85. The van der Waals surface area contributed by atoms with Gasteiger partial charge in [-0.2, -0.15) is 0 Å². The maximum atomic E-state index is 13.3. The van der Waals surface area contributed by atoms with E-state index in [1.54, 1.807) is 25.1 Å². The van der Waals surface area contributed by atoms with E-state index in [9.17, 15) is 19.8 Å². The average molecular weight is 351 g/mol. The molecule has 0 saturated carbocycles. The summed E-state index contributed by atoms with van der Waals surface area (Å²) >= 11 is 0. The summed E-state index contributed by atoms with van der Waals surface area (Å²) in [7, 11) is 0. The Balaban J connectivity index is 1.86. The molecule has 134 valence electrons. The second kappa shape index (κ2) is 6.16. The number of aryl methyl sites for hydroxylation is 2. The molecule has 1 amide bonds. The second-order valence-corrected chi connectivity index (χ2v) is 7.00. The van der Waals surface area contributed by atoms with Crippen molar-refractivity contribution in [3.63, 3.8) is 0 Å². The molecule has 1 heterocycles. The molecule has 26 heavy (non-hydrogen) atoms. The van der Waals surface area contributed by atoms with Gasteiger partial charge in [-0.3, -0.25) is 9.69 Å². The maximum absolute atomic E-state index is 13.3. The first-order chi connectivity index (χ1) is 12.5. The molecule has 0 radical (unpaired) electrons. The molecule has 5 nitrogen and oxygen atoms in total. The lowest BCUT2D eigenvalue weighted by molar-refractivity contribution is -0.140. The van der Waals surface area contributed by atoms with Crippen molar-refractivity contribution >= 4 is 17.6 Å². The number of fused-ring (bicyclic) bond motifs is 2. The Bertz CT molecular complexity index is 905. The number of carboxylic acids is 1. The molecular weight excluding hydrogens is 330 g/mol. The summed E-state index contributed by atoms with van der Waals surface area (Å²) in [4.78, 5) is 26.3. The fourth-order valence-electron chi connectivity index (χ4n) is 4.29. The molecule has 2 aromatic rings. The van der Waals surface area contributed by atoms with Gasteiger partial charge in [0, 0.05) is 11.3 Å². The van der Waals surface area contributed by atoms with Crippen LogP contribution < -0.4 is 4.90 Å². The molecule has 0 fully saturated rings. The fraction of sp³-hybridized carbons (Fsp3) is 0.333. The van der Waals surface area contributed by atoms with Gasteiger partial charge in [0.2, 0.25) is 5.91 Å². The van der Waals surface area contributed by atoms with Crippen LogP contribution in [-0.2, 0) is 22.4 Å². The molecule has 5 heteroatoms. The van der Waals surface area contributed by atoms with Crippen molar-refractivity contribution in [1.82, 2.24) is 0 Å². The largest absolute Gasteiger partial charge is 0.508 e. The van der Waals surface area contributed by atoms with E-state index in [4.69, 9.17) is 0 Å². The van der Waals surface area contributed by atoms with Gasteiger partial charge in [-0.05, 0) is 54.5 Å². The number of amides is 1. The molecule has 2 aromatic carbocycles. The fourth-order valence-corrected chi connectivity index (χ4v) is 4.29. The Labute approximate surface area is 151 Å². The Kier molecular flexibility index (Phi) is 3.94. The minimum Gasteiger partial charge on any atom is -0.508 e. The van der Waals surface area contributed by atoms with E-state index in [1.807, 2.05) is 18.2 Å². The van der Waals surface area contributed by atoms with Crippen LogP contribution in [0, 0.1) is 0 Å². The quantitative estimate of drug-likeness (QED) is 0.887. The van der Waals surface area contributed by atoms with Crippen LogP contribution in [-0.4, -0.2) is 28.1 Å². The van der Waals surface area contributed by atoms with Crippen LogP contribution in [0.25, 0.3) is 0 Å². The normalized spacial score (nSPS) is 19.3. The maximum Gasteiger partial charge on any atom is 0.326 e. The number of aliphatic carboxylic acids is 1. The lowest BCUT2D eigenvalue weighted by atomic mass is 9.89. The summed E-state index contributed by atoms with van der Waals surface area (Å²) in [6.45, 7) is 1.76. The third-order valence-electron chi connectivity index (χ3n) is 5.53. The minimum atomic E-state index is -1.02. The Morgan fingerprint density at radius 2 is 1.88 bits per heavy atom. The van der Waals surface area contributed by atoms with Crippen LogP contribution in [0.2, 0.25) is 0 Å². The highest BCUT2D eigenvalue weighted by atomic mass is 16.4. The first-order valence-corrected chi connectivity index (χ1v) is 9.02. The van der Waals surface area contributed by atoms with Crippen molar-refractivity contribution in [2.75, 3.05) is 4.90 Å². The number of para-hydroxylation sites is 1. The van der Waals surface area contributed by atoms with Crippen molar-refractivity contribution in [3.05, 3.63) is 58.7 Å². The van der Waals surface area contributed by atoms with E-state index in [1.165, 1.54) is 10.5 Å². The number of rotatable bonds is 4. The molecule has 0 saturated heterocycles. The molecule has 0 aromatic heterocycles. The van der Waals surface area contributed by atoms with Gasteiger partial charge in [0.1, 0.15) is 11.8 Å². The number of carbonyl (C=O) groups is 2. The summed E-state index contributed by atoms with van der Waals surface area (Å²) in [6, 6.07) is 10.1. The molecular formula is C21H21NO4. The second-order valence-electron chi connectivity index (χ2n) is 7.00. The Hall–Kier alpha value is -2.82. The van der Waals surface area contributed by atoms with Crippen molar-refractivity contribution in [2.24, 2.45) is 0 Å². The summed E-state index contributed by atoms with van der Waals surface area (Å²) in [6.07, 6.45) is 3.26. The van der Waals surface area contributed by atoms with E-state index >= 15 is 0 Å². The highest BCUT2D eigenvalue weighted by Gasteiger charge is 2.44. The van der Waals surface area contributed by atoms with Gasteiger partial charge in [0.05, 0.1) is 5.92 Å². The lowest BCUT2D eigenvalue weighted by Gasteiger charge is -2.24. The van der Waals surface area contributed by atoms with E-state index in [2.05, 4.69) is 0 Å². The molecule has 2 aliphatic rings. The Morgan fingerprint density at radius 3 is 2.58 bits per heavy atom. The number of anilines is 1. The summed E-state index contributed by atoms with van der Waals surface area (Å²) in [5.41, 5.74) is 4.26. The first-order valence-electron chi connectivity index (χ1n) is 9.02. The van der Waals surface area contributed by atoms with Crippen LogP contribution in [0.1, 0.15) is 47.9 Å². The molecule has 2 atom stereocenters. The molecule has 4 rings (SSSR count). The van der Waals surface area contributed by atoms with Crippen LogP contribution in [0.15, 0.2) is 36.4 Å². The molecule has 2 N–H and O–H groups in total. The molecule has 2 unspecified atom stereocenters. The predicted molar refractivity (Wildman–Crippen MR) is 97.6 cm³/mol. The number of nitrogens with zero attached hydrogens (tertiary/aromatic N) is 1. The number of benzene rings is 2. The van der Waals surface area contributed by atoms with Gasteiger partial charge in [0.15, 0.2) is 0 Å². The topological polar surface area (TPSA) is 77.8 Å². The van der Waals surface area contributed by atoms with Crippen molar-refractivity contribution in [3.8, 4) is 5.75 Å². The first kappa shape index (κ1) is 16.6. The van der Waals surface area contributed by atoms with Gasteiger partial charge in [-0.1, -0.05) is 31.2 Å². The number of aromatic hydroxyl groups is 1. The molecule has 1 aliphatic heterocycles. The zero-order valence-electron chi connectivity index (χ0n) is 14.6. The van der Waals surface area contributed by atoms with Gasteiger partial charge in [-0.25, -0.2) is 4.79 Å². The smallest absolute Gasteiger partial charge is 0.326 e. The van der Waals surface area contributed by atoms with Crippen molar-refractivity contribution in [2.45, 2.75) is 44.6 Å². The van der Waals surface area contributed by atoms with Gasteiger partial charge >= 0.3 is 5.97 Å². The van der Waals surface area contributed by atoms with E-state index in [-0.39, 0.29) is 11.7 Å². The van der Waals surface area contributed by atoms with Gasteiger partial charge in [0.25, 0.3) is 0 Å². The minimum absolute atomic E-state index is 0.115. The SMILES string of the molecule is CCC(C(=O)O)N1C(=O)C(c2cc3c(cc2O)CCC3)c2ccccc21. The van der Waals surface area contributed by atoms with Crippen LogP contribution in [0.5, 0.6) is 5.75 Å². The highest BCUT2D eigenvalue weighted by Crippen LogP contribution is 2.46. The van der Waals surface area contributed by atoms with E-state index in [0.717, 1.165) is 30.4 Å². The lowest BCUT2D eigenvalue weighted by Crippen LogP contribution is -2.43. The highest BCUT2D eigenvalue weighted by molar-refractivity contribution is 6.10. The van der Waals surface area contributed by atoms with Crippen LogP contribution in [0.4, 0.5) is 5.69 Å². The zero-order chi connectivity index (χ0) is 18.4.